The number of rotatable bonds is 4. The normalized spacial score (nSPS) is 11.2. The molecule has 0 N–H and O–H groups in total. The molecule has 2 rings (SSSR count). The fourth-order valence-corrected chi connectivity index (χ4v) is 1.85. The van der Waals surface area contributed by atoms with Crippen molar-refractivity contribution in [3.05, 3.63) is 65.0 Å². The Morgan fingerprint density at radius 2 is 1.74 bits per heavy atom. The van der Waals surface area contributed by atoms with E-state index in [4.69, 9.17) is 4.74 Å². The Morgan fingerprint density at radius 1 is 1.09 bits per heavy atom. The first-order valence-electron chi connectivity index (χ1n) is 6.48. The fraction of sp³-hybridized carbons (Fsp3) is 0.188. The maximum Gasteiger partial charge on any atom is 0.416 e. The summed E-state index contributed by atoms with van der Waals surface area (Å²) in [6.07, 6.45) is -4.41. The molecule has 0 saturated heterocycles. The molecule has 0 radical (unpaired) electrons. The molecule has 0 spiro atoms. The number of ether oxygens (including phenoxy) is 2. The number of carbonyl (C=O) groups is 1. The quantitative estimate of drug-likeness (QED) is 0.623. The first-order valence-corrected chi connectivity index (χ1v) is 6.48. The molecular weight excluding hydrogens is 316 g/mol. The number of carbonyl (C=O) groups excluding carboxylic acids is 1. The smallest absolute Gasteiger partial charge is 0.416 e. The fourth-order valence-electron chi connectivity index (χ4n) is 1.85. The van der Waals surface area contributed by atoms with Crippen LogP contribution in [0.15, 0.2) is 42.5 Å². The molecule has 2 aromatic rings. The van der Waals surface area contributed by atoms with Gasteiger partial charge in [-0.2, -0.15) is 13.2 Å². The zero-order valence-corrected chi connectivity index (χ0v) is 12.0. The van der Waals surface area contributed by atoms with Crippen LogP contribution < -0.4 is 4.74 Å². The van der Waals surface area contributed by atoms with E-state index in [1.807, 2.05) is 0 Å². The molecule has 0 unspecified atom stereocenters. The summed E-state index contributed by atoms with van der Waals surface area (Å²) in [7, 11) is 1.15. The Morgan fingerprint density at radius 3 is 2.30 bits per heavy atom. The van der Waals surface area contributed by atoms with Crippen LogP contribution in [0.3, 0.4) is 0 Å². The van der Waals surface area contributed by atoms with Gasteiger partial charge >= 0.3 is 12.1 Å². The van der Waals surface area contributed by atoms with E-state index in [0.29, 0.717) is 5.56 Å². The predicted octanol–water partition coefficient (Wildman–Crippen LogP) is 4.21. The van der Waals surface area contributed by atoms with E-state index < -0.39 is 23.5 Å². The molecule has 2 aromatic carbocycles. The highest BCUT2D eigenvalue weighted by Crippen LogP contribution is 2.29. The van der Waals surface area contributed by atoms with E-state index in [-0.39, 0.29) is 17.9 Å². The van der Waals surface area contributed by atoms with Gasteiger partial charge in [-0.05, 0) is 35.9 Å². The number of methoxy groups -OCH3 is 1. The van der Waals surface area contributed by atoms with Gasteiger partial charge in [0.2, 0.25) is 0 Å². The van der Waals surface area contributed by atoms with Gasteiger partial charge in [0.05, 0.1) is 12.7 Å². The molecule has 0 amide bonds. The van der Waals surface area contributed by atoms with Gasteiger partial charge in [0.1, 0.15) is 23.7 Å². The van der Waals surface area contributed by atoms with E-state index in [1.54, 1.807) is 0 Å². The van der Waals surface area contributed by atoms with Gasteiger partial charge in [-0.1, -0.05) is 12.1 Å². The van der Waals surface area contributed by atoms with Crippen LogP contribution in [-0.2, 0) is 17.5 Å². The van der Waals surface area contributed by atoms with Crippen molar-refractivity contribution in [3.63, 3.8) is 0 Å². The van der Waals surface area contributed by atoms with E-state index in [1.165, 1.54) is 18.2 Å². The Hall–Kier alpha value is -2.57. The Bertz CT molecular complexity index is 693. The molecule has 0 aliphatic carbocycles. The molecule has 0 saturated carbocycles. The van der Waals surface area contributed by atoms with Crippen molar-refractivity contribution in [2.75, 3.05) is 7.11 Å². The summed E-state index contributed by atoms with van der Waals surface area (Å²) in [6.45, 7) is -0.0756. The third-order valence-electron chi connectivity index (χ3n) is 3.02. The lowest BCUT2D eigenvalue weighted by molar-refractivity contribution is -0.137. The zero-order valence-electron chi connectivity index (χ0n) is 12.0. The second kappa shape index (κ2) is 6.68. The van der Waals surface area contributed by atoms with Crippen LogP contribution >= 0.6 is 0 Å². The van der Waals surface area contributed by atoms with Crippen molar-refractivity contribution in [3.8, 4) is 5.75 Å². The Kier molecular flexibility index (Phi) is 4.88. The second-order valence-electron chi connectivity index (χ2n) is 4.62. The van der Waals surface area contributed by atoms with Crippen LogP contribution in [0.25, 0.3) is 0 Å². The van der Waals surface area contributed by atoms with Gasteiger partial charge in [-0.3, -0.25) is 0 Å². The highest BCUT2D eigenvalue weighted by atomic mass is 19.4. The summed E-state index contributed by atoms with van der Waals surface area (Å²) in [6, 6.07) is 7.73. The average molecular weight is 328 g/mol. The number of alkyl halides is 3. The molecule has 7 heteroatoms. The van der Waals surface area contributed by atoms with Gasteiger partial charge in [-0.25, -0.2) is 9.18 Å². The van der Waals surface area contributed by atoms with Gasteiger partial charge in [0.25, 0.3) is 0 Å². The molecule has 0 atom stereocenters. The van der Waals surface area contributed by atoms with E-state index >= 15 is 0 Å². The maximum atomic E-state index is 13.2. The molecule has 0 aliphatic rings. The second-order valence-corrected chi connectivity index (χ2v) is 4.62. The van der Waals surface area contributed by atoms with Crippen molar-refractivity contribution < 1.29 is 31.8 Å². The molecule has 0 fully saturated rings. The van der Waals surface area contributed by atoms with Crippen LogP contribution in [0, 0.1) is 5.82 Å². The lowest BCUT2D eigenvalue weighted by Crippen LogP contribution is -2.07. The summed E-state index contributed by atoms with van der Waals surface area (Å²) >= 11 is 0. The lowest BCUT2D eigenvalue weighted by atomic mass is 10.1. The molecule has 23 heavy (non-hydrogen) atoms. The van der Waals surface area contributed by atoms with Gasteiger partial charge in [-0.15, -0.1) is 0 Å². The van der Waals surface area contributed by atoms with E-state index in [2.05, 4.69) is 4.74 Å². The van der Waals surface area contributed by atoms with Crippen molar-refractivity contribution in [2.45, 2.75) is 12.8 Å². The molecule has 0 heterocycles. The van der Waals surface area contributed by atoms with E-state index in [0.717, 1.165) is 31.4 Å². The zero-order chi connectivity index (χ0) is 17.0. The van der Waals surface area contributed by atoms with Gasteiger partial charge in [0, 0.05) is 0 Å². The number of hydrogen-bond acceptors (Lipinski definition) is 3. The van der Waals surface area contributed by atoms with Crippen molar-refractivity contribution >= 4 is 5.97 Å². The third kappa shape index (κ3) is 4.21. The average Bonchev–Trinajstić information content (AvgIpc) is 2.52. The number of hydrogen-bond donors (Lipinski definition) is 0. The van der Waals surface area contributed by atoms with Crippen molar-refractivity contribution in [1.29, 1.82) is 0 Å². The van der Waals surface area contributed by atoms with Gasteiger partial charge in [0.15, 0.2) is 0 Å². The minimum Gasteiger partial charge on any atom is -0.488 e. The molecular formula is C16H12F4O3. The lowest BCUT2D eigenvalue weighted by Gasteiger charge is -2.11. The highest BCUT2D eigenvalue weighted by Gasteiger charge is 2.29. The Balaban J connectivity index is 2.13. The van der Waals surface area contributed by atoms with Crippen molar-refractivity contribution in [2.24, 2.45) is 0 Å². The monoisotopic (exact) mass is 328 g/mol. The minimum atomic E-state index is -4.41. The Labute approximate surface area is 129 Å². The molecule has 122 valence electrons. The maximum absolute atomic E-state index is 13.2. The predicted molar refractivity (Wildman–Crippen MR) is 73.5 cm³/mol. The summed E-state index contributed by atoms with van der Waals surface area (Å²) in [5.41, 5.74) is -0.393. The van der Waals surface area contributed by atoms with Crippen LogP contribution in [0.5, 0.6) is 5.75 Å². The number of esters is 1. The first-order chi connectivity index (χ1) is 10.8. The largest absolute Gasteiger partial charge is 0.488 e. The topological polar surface area (TPSA) is 35.5 Å². The standard InChI is InChI=1S/C16H12F4O3/c1-22-15(21)13-8-12(17)6-7-14(13)23-9-10-2-4-11(5-3-10)16(18,19)20/h2-8H,9H2,1H3. The molecule has 3 nitrogen and oxygen atoms in total. The summed E-state index contributed by atoms with van der Waals surface area (Å²) in [4.78, 5) is 11.6. The molecule has 0 bridgehead atoms. The summed E-state index contributed by atoms with van der Waals surface area (Å²) in [5.74, 6) is -1.32. The molecule has 0 aliphatic heterocycles. The van der Waals surface area contributed by atoms with Crippen LogP contribution in [-0.4, -0.2) is 13.1 Å². The number of halogens is 4. The van der Waals surface area contributed by atoms with Gasteiger partial charge < -0.3 is 9.47 Å². The summed E-state index contributed by atoms with van der Waals surface area (Å²) in [5, 5.41) is 0. The van der Waals surface area contributed by atoms with Crippen LogP contribution in [0.2, 0.25) is 0 Å². The summed E-state index contributed by atoms with van der Waals surface area (Å²) < 4.78 is 60.5. The van der Waals surface area contributed by atoms with Crippen molar-refractivity contribution in [1.82, 2.24) is 0 Å². The van der Waals surface area contributed by atoms with Crippen LogP contribution in [0.4, 0.5) is 17.6 Å². The minimum absolute atomic E-state index is 0.0756. The third-order valence-corrected chi connectivity index (χ3v) is 3.02. The number of benzene rings is 2. The molecule has 0 aromatic heterocycles. The highest BCUT2D eigenvalue weighted by molar-refractivity contribution is 5.92. The first kappa shape index (κ1) is 16.8. The van der Waals surface area contributed by atoms with E-state index in [9.17, 15) is 22.4 Å². The van der Waals surface area contributed by atoms with Crippen LogP contribution in [0.1, 0.15) is 21.5 Å². The SMILES string of the molecule is COC(=O)c1cc(F)ccc1OCc1ccc(C(F)(F)F)cc1.